The average molecular weight is 415 g/mol. The first kappa shape index (κ1) is 21.5. The third-order valence-corrected chi connectivity index (χ3v) is 4.63. The zero-order valence-electron chi connectivity index (χ0n) is 17.5. The lowest BCUT2D eigenvalue weighted by atomic mass is 10.1. The van der Waals surface area contributed by atoms with E-state index in [-0.39, 0.29) is 29.6 Å². The number of hydrogen-bond acceptors (Lipinski definition) is 6. The van der Waals surface area contributed by atoms with Crippen LogP contribution in [0.3, 0.4) is 0 Å². The Morgan fingerprint density at radius 2 is 2.03 bits per heavy atom. The van der Waals surface area contributed by atoms with Crippen LogP contribution in [0.25, 0.3) is 0 Å². The molecule has 1 N–H and O–H groups in total. The Kier molecular flexibility index (Phi) is 6.49. The molecule has 1 aromatic heterocycles. The number of esters is 1. The molecule has 1 unspecified atom stereocenters. The molecular weight excluding hydrogens is 389 g/mol. The van der Waals surface area contributed by atoms with E-state index in [4.69, 9.17) is 4.74 Å². The van der Waals surface area contributed by atoms with Crippen LogP contribution in [0.2, 0.25) is 0 Å². The minimum atomic E-state index is -0.700. The van der Waals surface area contributed by atoms with Crippen LogP contribution < -0.4 is 5.32 Å². The second-order valence-corrected chi connectivity index (χ2v) is 7.65. The van der Waals surface area contributed by atoms with Crippen molar-refractivity contribution in [2.75, 3.05) is 5.32 Å². The first-order valence-corrected chi connectivity index (χ1v) is 9.91. The minimum Gasteiger partial charge on any atom is -0.459 e. The Morgan fingerprint density at radius 1 is 1.27 bits per heavy atom. The Hall–Kier alpha value is -3.23. The van der Waals surface area contributed by atoms with Crippen LogP contribution in [0.15, 0.2) is 42.0 Å². The number of carbonyl (C=O) groups is 2. The summed E-state index contributed by atoms with van der Waals surface area (Å²) in [6.07, 6.45) is 6.02. The van der Waals surface area contributed by atoms with Gasteiger partial charge in [-0.3, -0.25) is 9.80 Å². The van der Waals surface area contributed by atoms with Gasteiger partial charge in [-0.15, -0.1) is 0 Å². The van der Waals surface area contributed by atoms with Gasteiger partial charge in [0.15, 0.2) is 0 Å². The molecule has 0 radical (unpaired) electrons. The number of aromatic nitrogens is 2. The molecule has 0 bridgehead atoms. The van der Waals surface area contributed by atoms with Gasteiger partial charge in [0.1, 0.15) is 17.7 Å². The van der Waals surface area contributed by atoms with Gasteiger partial charge in [-0.1, -0.05) is 0 Å². The third kappa shape index (κ3) is 4.84. The summed E-state index contributed by atoms with van der Waals surface area (Å²) in [7, 11) is 0. The fraction of sp³-hybridized carbons (Fsp3) is 0.429. The normalized spacial score (nSPS) is 16.6. The highest BCUT2D eigenvalue weighted by Crippen LogP contribution is 2.27. The number of amides is 1. The van der Waals surface area contributed by atoms with E-state index in [1.807, 2.05) is 29.6 Å². The maximum atomic E-state index is 13.7. The van der Waals surface area contributed by atoms with Crippen molar-refractivity contribution >= 4 is 23.3 Å². The van der Waals surface area contributed by atoms with E-state index in [9.17, 15) is 14.0 Å². The number of carbonyl (C=O) groups excluding carboxylic acids is 2. The number of halogens is 1. The molecule has 1 aliphatic rings. The van der Waals surface area contributed by atoms with E-state index in [1.54, 1.807) is 26.4 Å². The molecule has 0 saturated heterocycles. The Bertz CT molecular complexity index is 940. The van der Waals surface area contributed by atoms with E-state index in [0.717, 1.165) is 6.07 Å². The molecule has 9 heteroatoms. The standard InChI is InChI=1S/C21H26FN5O3/c1-13(2)27-19(26-10-9-23-12-26)8-7-18(25-27)20(28)24-17-6-5-15(22)11-16(17)21(29)30-14(3)4/h5-6,9-14,19H,7-8H2,1-4H3,(H,24,28). The summed E-state index contributed by atoms with van der Waals surface area (Å²) in [5, 5.41) is 9.10. The van der Waals surface area contributed by atoms with Gasteiger partial charge in [-0.25, -0.2) is 14.2 Å². The molecule has 1 amide bonds. The van der Waals surface area contributed by atoms with E-state index >= 15 is 0 Å². The summed E-state index contributed by atoms with van der Waals surface area (Å²) in [4.78, 5) is 29.3. The lowest BCUT2D eigenvalue weighted by Crippen LogP contribution is -2.40. The van der Waals surface area contributed by atoms with Crippen LogP contribution in [-0.4, -0.2) is 44.3 Å². The molecule has 160 valence electrons. The molecule has 2 aromatic rings. The van der Waals surface area contributed by atoms with Crippen molar-refractivity contribution in [1.29, 1.82) is 0 Å². The largest absolute Gasteiger partial charge is 0.459 e. The van der Waals surface area contributed by atoms with Crippen molar-refractivity contribution in [2.24, 2.45) is 5.10 Å². The summed E-state index contributed by atoms with van der Waals surface area (Å²) in [5.41, 5.74) is 0.487. The predicted octanol–water partition coefficient (Wildman–Crippen LogP) is 3.58. The topological polar surface area (TPSA) is 88.8 Å². The second-order valence-electron chi connectivity index (χ2n) is 7.65. The number of nitrogens with zero attached hydrogens (tertiary/aromatic N) is 4. The molecule has 2 heterocycles. The molecule has 3 rings (SSSR count). The van der Waals surface area contributed by atoms with Gasteiger partial charge in [-0.05, 0) is 52.3 Å². The van der Waals surface area contributed by atoms with Gasteiger partial charge in [0.25, 0.3) is 5.91 Å². The maximum Gasteiger partial charge on any atom is 0.340 e. The van der Waals surface area contributed by atoms with Crippen LogP contribution in [-0.2, 0) is 9.53 Å². The molecule has 8 nitrogen and oxygen atoms in total. The van der Waals surface area contributed by atoms with Gasteiger partial charge in [0.05, 0.1) is 23.7 Å². The Labute approximate surface area is 174 Å². The number of rotatable bonds is 6. The molecular formula is C21H26FN5O3. The van der Waals surface area contributed by atoms with Crippen molar-refractivity contribution in [3.8, 4) is 0 Å². The monoisotopic (exact) mass is 415 g/mol. The first-order valence-electron chi connectivity index (χ1n) is 9.91. The van der Waals surface area contributed by atoms with Crippen LogP contribution in [0.1, 0.15) is 57.1 Å². The molecule has 1 atom stereocenters. The van der Waals surface area contributed by atoms with E-state index in [2.05, 4.69) is 15.4 Å². The number of hydrazone groups is 1. The molecule has 1 aliphatic heterocycles. The number of nitrogens with one attached hydrogen (secondary N) is 1. The summed E-state index contributed by atoms with van der Waals surface area (Å²) >= 11 is 0. The van der Waals surface area contributed by atoms with Gasteiger partial charge >= 0.3 is 5.97 Å². The Morgan fingerprint density at radius 3 is 2.67 bits per heavy atom. The average Bonchev–Trinajstić information content (AvgIpc) is 3.22. The van der Waals surface area contributed by atoms with Crippen molar-refractivity contribution in [3.05, 3.63) is 48.3 Å². The molecule has 0 saturated carbocycles. The molecule has 0 fully saturated rings. The van der Waals surface area contributed by atoms with E-state index in [1.165, 1.54) is 12.1 Å². The number of ether oxygens (including phenoxy) is 1. The van der Waals surface area contributed by atoms with E-state index < -0.39 is 17.7 Å². The van der Waals surface area contributed by atoms with Gasteiger partial charge < -0.3 is 14.6 Å². The fourth-order valence-electron chi connectivity index (χ4n) is 3.27. The SMILES string of the molecule is CC(C)OC(=O)c1cc(F)ccc1NC(=O)C1=NN(C(C)C)C(n2ccnc2)CC1. The molecule has 1 aromatic carbocycles. The highest BCUT2D eigenvalue weighted by atomic mass is 19.1. The third-order valence-electron chi connectivity index (χ3n) is 4.63. The van der Waals surface area contributed by atoms with Gasteiger partial charge in [-0.2, -0.15) is 5.10 Å². The molecule has 0 spiro atoms. The van der Waals surface area contributed by atoms with Crippen LogP contribution >= 0.6 is 0 Å². The number of hydrogen-bond donors (Lipinski definition) is 1. The van der Waals surface area contributed by atoms with Crippen LogP contribution in [0, 0.1) is 5.82 Å². The summed E-state index contributed by atoms with van der Waals surface area (Å²) in [6.45, 7) is 7.38. The zero-order valence-corrected chi connectivity index (χ0v) is 17.5. The lowest BCUT2D eigenvalue weighted by molar-refractivity contribution is -0.110. The summed E-state index contributed by atoms with van der Waals surface area (Å²) < 4.78 is 20.8. The zero-order chi connectivity index (χ0) is 21.8. The second kappa shape index (κ2) is 9.06. The van der Waals surface area contributed by atoms with Crippen molar-refractivity contribution < 1.29 is 18.7 Å². The minimum absolute atomic E-state index is 0.0357. The molecule has 0 aliphatic carbocycles. The Balaban J connectivity index is 1.82. The summed E-state index contributed by atoms with van der Waals surface area (Å²) in [5.74, 6) is -1.72. The van der Waals surface area contributed by atoms with Gasteiger partial charge in [0, 0.05) is 24.9 Å². The fourth-order valence-corrected chi connectivity index (χ4v) is 3.27. The highest BCUT2D eigenvalue weighted by Gasteiger charge is 2.29. The smallest absolute Gasteiger partial charge is 0.340 e. The van der Waals surface area contributed by atoms with Gasteiger partial charge in [0.2, 0.25) is 0 Å². The number of benzene rings is 1. The van der Waals surface area contributed by atoms with Crippen molar-refractivity contribution in [1.82, 2.24) is 14.6 Å². The quantitative estimate of drug-likeness (QED) is 0.729. The highest BCUT2D eigenvalue weighted by molar-refractivity contribution is 6.43. The number of imidazole rings is 1. The van der Waals surface area contributed by atoms with Crippen molar-refractivity contribution in [3.63, 3.8) is 0 Å². The summed E-state index contributed by atoms with van der Waals surface area (Å²) in [6, 6.07) is 3.64. The predicted molar refractivity (Wildman–Crippen MR) is 110 cm³/mol. The van der Waals surface area contributed by atoms with Crippen LogP contribution in [0.4, 0.5) is 10.1 Å². The first-order chi connectivity index (χ1) is 14.3. The lowest BCUT2D eigenvalue weighted by Gasteiger charge is -2.37. The van der Waals surface area contributed by atoms with Crippen molar-refractivity contribution in [2.45, 2.75) is 58.8 Å². The molecule has 30 heavy (non-hydrogen) atoms. The maximum absolute atomic E-state index is 13.7. The number of anilines is 1. The van der Waals surface area contributed by atoms with E-state index in [0.29, 0.717) is 18.6 Å². The van der Waals surface area contributed by atoms with Crippen LogP contribution in [0.5, 0.6) is 0 Å².